The molecule has 42 heavy (non-hydrogen) atoms. The predicted molar refractivity (Wildman–Crippen MR) is 145 cm³/mol. The fourth-order valence-corrected chi connectivity index (χ4v) is 7.40. The summed E-state index contributed by atoms with van der Waals surface area (Å²) in [6, 6.07) is 7.07. The zero-order chi connectivity index (χ0) is 28.8. The molecule has 9 atom stereocenters. The number of nitrogens with zero attached hydrogens (tertiary/aromatic N) is 1. The number of aliphatic hydroxyl groups is 1. The van der Waals surface area contributed by atoms with Gasteiger partial charge in [-0.2, -0.15) is 5.06 Å². The van der Waals surface area contributed by atoms with Crippen molar-refractivity contribution in [1.29, 1.82) is 0 Å². The lowest BCUT2D eigenvalue weighted by atomic mass is 9.62. The molecule has 0 aromatic heterocycles. The molecule has 4 aliphatic heterocycles. The number of nitrogens with one attached hydrogen (secondary N) is 2. The van der Waals surface area contributed by atoms with Gasteiger partial charge in [0.1, 0.15) is 36.6 Å². The van der Waals surface area contributed by atoms with E-state index >= 15 is 0 Å². The van der Waals surface area contributed by atoms with Gasteiger partial charge in [-0.25, -0.2) is 0 Å². The van der Waals surface area contributed by atoms with Crippen LogP contribution in [0.3, 0.4) is 0 Å². The van der Waals surface area contributed by atoms with Crippen LogP contribution in [0, 0.1) is 11.3 Å². The van der Waals surface area contributed by atoms with Crippen LogP contribution in [0.15, 0.2) is 30.3 Å². The Morgan fingerprint density at radius 1 is 1.10 bits per heavy atom. The van der Waals surface area contributed by atoms with Gasteiger partial charge in [-0.1, -0.05) is 36.4 Å². The maximum absolute atomic E-state index is 13.9. The number of ether oxygens (including phenoxy) is 4. The third kappa shape index (κ3) is 5.03. The van der Waals surface area contributed by atoms with Crippen LogP contribution in [-0.2, 0) is 44.7 Å². The number of hydroxylamine groups is 2. The van der Waals surface area contributed by atoms with Crippen molar-refractivity contribution < 1.29 is 43.3 Å². The minimum Gasteiger partial charge on any atom is -0.458 e. The van der Waals surface area contributed by atoms with Gasteiger partial charge in [-0.05, 0) is 36.3 Å². The van der Waals surface area contributed by atoms with Crippen molar-refractivity contribution in [3.05, 3.63) is 41.5 Å². The molecule has 7 rings (SSSR count). The van der Waals surface area contributed by atoms with E-state index in [2.05, 4.69) is 28.9 Å². The van der Waals surface area contributed by atoms with Gasteiger partial charge in [0.05, 0.1) is 25.4 Å². The number of carbonyl (C=O) groups is 3. The van der Waals surface area contributed by atoms with E-state index in [0.29, 0.717) is 18.1 Å². The first-order valence-corrected chi connectivity index (χ1v) is 14.9. The van der Waals surface area contributed by atoms with Crippen LogP contribution >= 0.6 is 0 Å². The molecule has 226 valence electrons. The van der Waals surface area contributed by atoms with Crippen molar-refractivity contribution in [2.75, 3.05) is 26.5 Å². The Balaban J connectivity index is 1.09. The summed E-state index contributed by atoms with van der Waals surface area (Å²) in [7, 11) is 0. The third-order valence-corrected chi connectivity index (χ3v) is 9.46. The Morgan fingerprint density at radius 3 is 2.83 bits per heavy atom. The molecule has 1 aromatic carbocycles. The van der Waals surface area contributed by atoms with Crippen molar-refractivity contribution >= 4 is 23.9 Å². The van der Waals surface area contributed by atoms with Crippen molar-refractivity contribution in [2.24, 2.45) is 11.3 Å². The van der Waals surface area contributed by atoms with E-state index in [0.717, 1.165) is 30.4 Å². The Morgan fingerprint density at radius 2 is 1.98 bits per heavy atom. The number of esters is 1. The first kappa shape index (κ1) is 27.9. The average Bonchev–Trinajstić information content (AvgIpc) is 3.42. The first-order chi connectivity index (χ1) is 20.5. The molecule has 12 heteroatoms. The lowest BCUT2D eigenvalue weighted by Gasteiger charge is -2.48. The second-order valence-corrected chi connectivity index (χ2v) is 12.1. The van der Waals surface area contributed by atoms with Crippen molar-refractivity contribution in [2.45, 2.75) is 81.3 Å². The summed E-state index contributed by atoms with van der Waals surface area (Å²) in [5, 5.41) is 15.9. The van der Waals surface area contributed by atoms with E-state index in [-0.39, 0.29) is 57.7 Å². The van der Waals surface area contributed by atoms with Gasteiger partial charge in [-0.15, -0.1) is 0 Å². The van der Waals surface area contributed by atoms with E-state index < -0.39 is 41.8 Å². The Bertz CT molecular complexity index is 1260. The summed E-state index contributed by atoms with van der Waals surface area (Å²) in [5.41, 5.74) is 0.711. The molecule has 2 saturated carbocycles. The molecule has 0 radical (unpaired) electrons. The van der Waals surface area contributed by atoms with Gasteiger partial charge >= 0.3 is 5.97 Å². The lowest BCUT2D eigenvalue weighted by Crippen LogP contribution is -2.69. The highest BCUT2D eigenvalue weighted by atomic mass is 16.8. The number of aliphatic hydroxyl groups excluding tert-OH is 1. The molecule has 6 fully saturated rings. The molecule has 0 spiro atoms. The molecule has 9 unspecified atom stereocenters. The molecule has 2 bridgehead atoms. The second-order valence-electron chi connectivity index (χ2n) is 12.1. The molecule has 2 aliphatic carbocycles. The number of carbonyl (C=O) groups excluding carboxylic acids is 3. The molecule has 4 saturated heterocycles. The minimum absolute atomic E-state index is 0.0273. The predicted octanol–water partition coefficient (Wildman–Crippen LogP) is 0.424. The van der Waals surface area contributed by atoms with Crippen LogP contribution < -0.4 is 10.6 Å². The normalized spacial score (nSPS) is 38.1. The number of allylic oxidation sites excluding steroid dienone is 1. The molecule has 4 heterocycles. The minimum atomic E-state index is -1.27. The summed E-state index contributed by atoms with van der Waals surface area (Å²) in [6.07, 6.45) is 6.40. The number of fused-ring (bicyclic) bond motifs is 5. The SMILES string of the molecule is O=C(CCNC(=O)C12CC3OC(=O)C1N(Cc1cccc(C=CC4CCC5OC5C4)c1)OC2C1OCOC31)NCCO. The maximum Gasteiger partial charge on any atom is 0.327 e. The molecular formula is C30H37N3O9. The number of hydrogen-bond donors (Lipinski definition) is 3. The molecular weight excluding hydrogens is 546 g/mol. The average molecular weight is 584 g/mol. The van der Waals surface area contributed by atoms with E-state index in [9.17, 15) is 14.4 Å². The van der Waals surface area contributed by atoms with Crippen molar-refractivity contribution in [1.82, 2.24) is 15.7 Å². The Labute approximate surface area is 243 Å². The zero-order valence-electron chi connectivity index (χ0n) is 23.3. The quantitative estimate of drug-likeness (QED) is 0.262. The number of benzene rings is 1. The van der Waals surface area contributed by atoms with Gasteiger partial charge in [0.2, 0.25) is 11.8 Å². The second kappa shape index (κ2) is 11.3. The largest absolute Gasteiger partial charge is 0.458 e. The van der Waals surface area contributed by atoms with E-state index in [4.69, 9.17) is 28.9 Å². The van der Waals surface area contributed by atoms with Crippen LogP contribution in [0.5, 0.6) is 0 Å². The van der Waals surface area contributed by atoms with Crippen molar-refractivity contribution in [3.8, 4) is 0 Å². The van der Waals surface area contributed by atoms with Crippen LogP contribution in [0.1, 0.15) is 43.2 Å². The summed E-state index contributed by atoms with van der Waals surface area (Å²) in [5.74, 6) is -0.695. The highest BCUT2D eigenvalue weighted by Crippen LogP contribution is 2.55. The molecule has 6 aliphatic rings. The number of hydrogen-bond acceptors (Lipinski definition) is 10. The summed E-state index contributed by atoms with van der Waals surface area (Å²) >= 11 is 0. The van der Waals surface area contributed by atoms with Gasteiger partial charge in [0.15, 0.2) is 6.04 Å². The highest BCUT2D eigenvalue weighted by molar-refractivity contribution is 5.93. The Hall–Kier alpha value is -2.87. The monoisotopic (exact) mass is 583 g/mol. The third-order valence-electron chi connectivity index (χ3n) is 9.46. The highest BCUT2D eigenvalue weighted by Gasteiger charge is 2.74. The first-order valence-electron chi connectivity index (χ1n) is 14.9. The number of rotatable bonds is 10. The van der Waals surface area contributed by atoms with E-state index in [1.54, 1.807) is 5.06 Å². The Kier molecular flexibility index (Phi) is 7.53. The summed E-state index contributed by atoms with van der Waals surface area (Å²) < 4.78 is 23.1. The van der Waals surface area contributed by atoms with Gasteiger partial charge in [0.25, 0.3) is 0 Å². The summed E-state index contributed by atoms with van der Waals surface area (Å²) in [6.45, 7) is 0.345. The fourth-order valence-electron chi connectivity index (χ4n) is 7.40. The smallest absolute Gasteiger partial charge is 0.327 e. The van der Waals surface area contributed by atoms with Gasteiger partial charge in [-0.3, -0.25) is 19.2 Å². The molecule has 3 N–H and O–H groups in total. The van der Waals surface area contributed by atoms with Gasteiger partial charge in [0, 0.05) is 25.9 Å². The summed E-state index contributed by atoms with van der Waals surface area (Å²) in [4.78, 5) is 45.9. The van der Waals surface area contributed by atoms with Crippen molar-refractivity contribution in [3.63, 3.8) is 0 Å². The molecule has 2 amide bonds. The van der Waals surface area contributed by atoms with Crippen LogP contribution in [-0.4, -0.2) is 97.1 Å². The topological polar surface area (TPSA) is 148 Å². The standard InChI is InChI=1S/C30H37N3O9/c34-11-10-31-23(35)8-9-32-29(37)30-14-22-24-25(39-16-38-24)27(30)42-33(26(30)28(36)41-22)15-19-3-1-2-17(12-19)4-5-18-6-7-20-21(13-18)40-20/h1-5,12,18,20-22,24-27,34H,6-11,13-16H2,(H,31,35)(H,32,37). The van der Waals surface area contributed by atoms with E-state index in [1.807, 2.05) is 18.2 Å². The molecule has 1 aromatic rings. The van der Waals surface area contributed by atoms with Crippen LogP contribution in [0.4, 0.5) is 0 Å². The van der Waals surface area contributed by atoms with Gasteiger partial charge < -0.3 is 34.7 Å². The maximum atomic E-state index is 13.9. The fraction of sp³-hybridized carbons (Fsp3) is 0.633. The van der Waals surface area contributed by atoms with Crippen LogP contribution in [0.25, 0.3) is 6.08 Å². The molecule has 12 nitrogen and oxygen atoms in total. The zero-order valence-corrected chi connectivity index (χ0v) is 23.3. The lowest BCUT2D eigenvalue weighted by molar-refractivity contribution is -0.201. The van der Waals surface area contributed by atoms with E-state index in [1.165, 1.54) is 0 Å². The van der Waals surface area contributed by atoms with Crippen LogP contribution in [0.2, 0.25) is 0 Å². The number of epoxide rings is 1. The number of amides is 2.